The Morgan fingerprint density at radius 2 is 2.38 bits per heavy atom. The third kappa shape index (κ3) is 2.73. The first-order chi connectivity index (χ1) is 10.1. The number of amides is 1. The van der Waals surface area contributed by atoms with Gasteiger partial charge in [0.2, 0.25) is 0 Å². The van der Waals surface area contributed by atoms with Crippen molar-refractivity contribution in [2.75, 3.05) is 12.3 Å². The Balaban J connectivity index is 1.85. The molecule has 5 nitrogen and oxygen atoms in total. The summed E-state index contributed by atoms with van der Waals surface area (Å²) < 4.78 is 5.50. The molecule has 2 aromatic heterocycles. The molecule has 112 valence electrons. The largest absolute Gasteiger partial charge is 0.397 e. The fourth-order valence-corrected chi connectivity index (χ4v) is 3.80. The van der Waals surface area contributed by atoms with Gasteiger partial charge in [0.05, 0.1) is 11.8 Å². The molecule has 3 rings (SSSR count). The number of rotatable bonds is 2. The number of thiophene rings is 1. The zero-order chi connectivity index (χ0) is 15.0. The van der Waals surface area contributed by atoms with E-state index in [-0.39, 0.29) is 18.1 Å². The number of hydrogen-bond donors (Lipinski definition) is 2. The second-order valence-electron chi connectivity index (χ2n) is 5.53. The Bertz CT molecular complexity index is 683. The predicted octanol–water partition coefficient (Wildman–Crippen LogP) is 2.48. The average molecular weight is 305 g/mol. The summed E-state index contributed by atoms with van der Waals surface area (Å²) in [5.74, 6) is -0.103. The van der Waals surface area contributed by atoms with Gasteiger partial charge in [-0.25, -0.2) is 4.98 Å². The second kappa shape index (κ2) is 5.61. The number of carbonyl (C=O) groups is 1. The summed E-state index contributed by atoms with van der Waals surface area (Å²) >= 11 is 1.36. The number of carbonyl (C=O) groups excluding carboxylic acids is 1. The summed E-state index contributed by atoms with van der Waals surface area (Å²) in [6.07, 6.45) is 3.62. The van der Waals surface area contributed by atoms with Crippen LogP contribution in [0.2, 0.25) is 0 Å². The van der Waals surface area contributed by atoms with Crippen LogP contribution in [0.5, 0.6) is 0 Å². The molecule has 1 saturated heterocycles. The summed E-state index contributed by atoms with van der Waals surface area (Å²) in [4.78, 5) is 18.2. The standard InChI is InChI=1S/C15H19N3O2S/c1-8-3-5-17-15-11(8)12(16)13(21-15)14(19)18-10-4-6-20-9(2)7-10/h3,5,9-10H,4,6-7,16H2,1-2H3,(H,18,19). The highest BCUT2D eigenvalue weighted by atomic mass is 32.1. The van der Waals surface area contributed by atoms with Crippen LogP contribution in [-0.4, -0.2) is 29.6 Å². The van der Waals surface area contributed by atoms with E-state index in [1.165, 1.54) is 11.3 Å². The number of hydrogen-bond acceptors (Lipinski definition) is 5. The number of ether oxygens (including phenoxy) is 1. The summed E-state index contributed by atoms with van der Waals surface area (Å²) in [6.45, 7) is 4.70. The lowest BCUT2D eigenvalue weighted by Gasteiger charge is -2.27. The molecule has 6 heteroatoms. The van der Waals surface area contributed by atoms with Crippen molar-refractivity contribution in [1.82, 2.24) is 10.3 Å². The molecule has 3 N–H and O–H groups in total. The maximum absolute atomic E-state index is 12.5. The molecular weight excluding hydrogens is 286 g/mol. The van der Waals surface area contributed by atoms with E-state index in [9.17, 15) is 4.79 Å². The first-order valence-electron chi connectivity index (χ1n) is 7.12. The molecule has 2 unspecified atom stereocenters. The van der Waals surface area contributed by atoms with E-state index in [2.05, 4.69) is 10.3 Å². The molecule has 0 aliphatic carbocycles. The average Bonchev–Trinajstić information content (AvgIpc) is 2.77. The van der Waals surface area contributed by atoms with Gasteiger partial charge in [0, 0.05) is 24.2 Å². The number of nitrogens with one attached hydrogen (secondary N) is 1. The highest BCUT2D eigenvalue weighted by Crippen LogP contribution is 2.34. The third-order valence-corrected chi connectivity index (χ3v) is 4.98. The van der Waals surface area contributed by atoms with E-state index in [1.807, 2.05) is 19.9 Å². The molecule has 21 heavy (non-hydrogen) atoms. The third-order valence-electron chi connectivity index (χ3n) is 3.86. The minimum absolute atomic E-state index is 0.103. The van der Waals surface area contributed by atoms with Crippen molar-refractivity contribution < 1.29 is 9.53 Å². The molecule has 1 amide bonds. The van der Waals surface area contributed by atoms with Crippen LogP contribution in [0.1, 0.15) is 35.0 Å². The van der Waals surface area contributed by atoms with Gasteiger partial charge in [0.1, 0.15) is 9.71 Å². The van der Waals surface area contributed by atoms with E-state index >= 15 is 0 Å². The highest BCUT2D eigenvalue weighted by Gasteiger charge is 2.24. The summed E-state index contributed by atoms with van der Waals surface area (Å²) in [5.41, 5.74) is 7.75. The van der Waals surface area contributed by atoms with Gasteiger partial charge in [-0.2, -0.15) is 0 Å². The van der Waals surface area contributed by atoms with Crippen LogP contribution >= 0.6 is 11.3 Å². The number of nitrogen functional groups attached to an aromatic ring is 1. The van der Waals surface area contributed by atoms with Crippen molar-refractivity contribution in [1.29, 1.82) is 0 Å². The number of nitrogens with two attached hydrogens (primary N) is 1. The number of aryl methyl sites for hydroxylation is 1. The lowest BCUT2D eigenvalue weighted by Crippen LogP contribution is -2.41. The quantitative estimate of drug-likeness (QED) is 0.893. The molecule has 0 bridgehead atoms. The number of aromatic nitrogens is 1. The van der Waals surface area contributed by atoms with Crippen molar-refractivity contribution in [3.05, 3.63) is 22.7 Å². The van der Waals surface area contributed by atoms with Gasteiger partial charge in [-0.3, -0.25) is 4.79 Å². The number of anilines is 1. The van der Waals surface area contributed by atoms with Crippen LogP contribution in [0.4, 0.5) is 5.69 Å². The first-order valence-corrected chi connectivity index (χ1v) is 7.94. The van der Waals surface area contributed by atoms with Crippen LogP contribution in [0.25, 0.3) is 10.2 Å². The fourth-order valence-electron chi connectivity index (χ4n) is 2.75. The Morgan fingerprint density at radius 1 is 1.57 bits per heavy atom. The summed E-state index contributed by atoms with van der Waals surface area (Å²) in [6, 6.07) is 2.06. The van der Waals surface area contributed by atoms with Crippen LogP contribution < -0.4 is 11.1 Å². The molecule has 1 aliphatic heterocycles. The molecule has 1 fully saturated rings. The SMILES string of the molecule is Cc1ccnc2sc(C(=O)NC3CCOC(C)C3)c(N)c12. The molecule has 2 aromatic rings. The van der Waals surface area contributed by atoms with Crippen molar-refractivity contribution in [3.8, 4) is 0 Å². The monoisotopic (exact) mass is 305 g/mol. The summed E-state index contributed by atoms with van der Waals surface area (Å²) in [5, 5.41) is 3.97. The van der Waals surface area contributed by atoms with Gasteiger partial charge in [-0.05, 0) is 38.3 Å². The molecule has 0 saturated carbocycles. The van der Waals surface area contributed by atoms with Gasteiger partial charge >= 0.3 is 0 Å². The van der Waals surface area contributed by atoms with Crippen molar-refractivity contribution in [3.63, 3.8) is 0 Å². The van der Waals surface area contributed by atoms with Crippen LogP contribution in [0.3, 0.4) is 0 Å². The van der Waals surface area contributed by atoms with Crippen LogP contribution in [0, 0.1) is 6.92 Å². The van der Waals surface area contributed by atoms with E-state index in [4.69, 9.17) is 10.5 Å². The number of nitrogens with zero attached hydrogens (tertiary/aromatic N) is 1. The Hall–Kier alpha value is -1.66. The lowest BCUT2D eigenvalue weighted by atomic mass is 10.0. The van der Waals surface area contributed by atoms with Crippen LogP contribution in [0.15, 0.2) is 12.3 Å². The maximum Gasteiger partial charge on any atom is 0.263 e. The molecular formula is C15H19N3O2S. The molecule has 0 radical (unpaired) electrons. The zero-order valence-electron chi connectivity index (χ0n) is 12.2. The lowest BCUT2D eigenvalue weighted by molar-refractivity contribution is 0.0137. The normalized spacial score (nSPS) is 22.4. The predicted molar refractivity (Wildman–Crippen MR) is 84.7 cm³/mol. The van der Waals surface area contributed by atoms with Crippen LogP contribution in [-0.2, 0) is 4.74 Å². The Kier molecular flexibility index (Phi) is 3.82. The molecule has 0 aromatic carbocycles. The number of pyridine rings is 1. The smallest absolute Gasteiger partial charge is 0.263 e. The summed E-state index contributed by atoms with van der Waals surface area (Å²) in [7, 11) is 0. The second-order valence-corrected chi connectivity index (χ2v) is 6.53. The van der Waals surface area contributed by atoms with Crippen molar-refractivity contribution in [2.24, 2.45) is 0 Å². The van der Waals surface area contributed by atoms with E-state index in [0.717, 1.165) is 28.6 Å². The Morgan fingerprint density at radius 3 is 3.10 bits per heavy atom. The van der Waals surface area contributed by atoms with Gasteiger partial charge in [0.15, 0.2) is 0 Å². The Labute approximate surface area is 127 Å². The van der Waals surface area contributed by atoms with Gasteiger partial charge in [-0.1, -0.05) is 0 Å². The number of fused-ring (bicyclic) bond motifs is 1. The molecule has 1 aliphatic rings. The maximum atomic E-state index is 12.5. The van der Waals surface area contributed by atoms with E-state index in [1.54, 1.807) is 6.20 Å². The molecule has 2 atom stereocenters. The van der Waals surface area contributed by atoms with E-state index in [0.29, 0.717) is 17.2 Å². The first kappa shape index (κ1) is 14.3. The zero-order valence-corrected chi connectivity index (χ0v) is 13.0. The van der Waals surface area contributed by atoms with Gasteiger partial charge in [0.25, 0.3) is 5.91 Å². The van der Waals surface area contributed by atoms with Gasteiger partial charge in [-0.15, -0.1) is 11.3 Å². The van der Waals surface area contributed by atoms with Gasteiger partial charge < -0.3 is 15.8 Å². The minimum Gasteiger partial charge on any atom is -0.397 e. The molecule has 3 heterocycles. The van der Waals surface area contributed by atoms with Crippen molar-refractivity contribution >= 4 is 33.1 Å². The highest BCUT2D eigenvalue weighted by molar-refractivity contribution is 7.21. The van der Waals surface area contributed by atoms with E-state index < -0.39 is 0 Å². The topological polar surface area (TPSA) is 77.2 Å². The minimum atomic E-state index is -0.103. The molecule has 0 spiro atoms. The fraction of sp³-hybridized carbons (Fsp3) is 0.467. The van der Waals surface area contributed by atoms with Crippen molar-refractivity contribution in [2.45, 2.75) is 38.8 Å².